The van der Waals surface area contributed by atoms with Crippen molar-refractivity contribution in [2.75, 3.05) is 33.3 Å². The van der Waals surface area contributed by atoms with E-state index >= 15 is 0 Å². The van der Waals surface area contributed by atoms with Crippen molar-refractivity contribution in [3.63, 3.8) is 0 Å². The van der Waals surface area contributed by atoms with E-state index in [4.69, 9.17) is 4.74 Å². The van der Waals surface area contributed by atoms with Crippen LogP contribution >= 0.6 is 0 Å². The summed E-state index contributed by atoms with van der Waals surface area (Å²) in [4.78, 5) is 14.5. The fourth-order valence-corrected chi connectivity index (χ4v) is 2.33. The number of rotatable bonds is 5. The number of ether oxygens (including phenoxy) is 1. The third-order valence-electron chi connectivity index (χ3n) is 3.55. The van der Waals surface area contributed by atoms with Crippen LogP contribution in [-0.4, -0.2) is 50.0 Å². The van der Waals surface area contributed by atoms with Gasteiger partial charge in [-0.25, -0.2) is 0 Å². The Bertz CT molecular complexity index is 417. The van der Waals surface area contributed by atoms with Crippen LogP contribution in [0.25, 0.3) is 0 Å². The van der Waals surface area contributed by atoms with Crippen molar-refractivity contribution in [2.45, 2.75) is 19.4 Å². The van der Waals surface area contributed by atoms with Crippen LogP contribution in [0.2, 0.25) is 0 Å². The van der Waals surface area contributed by atoms with Gasteiger partial charge < -0.3 is 15.0 Å². The van der Waals surface area contributed by atoms with Gasteiger partial charge in [-0.15, -0.1) is 0 Å². The summed E-state index contributed by atoms with van der Waals surface area (Å²) in [5.41, 5.74) is 0.766. The number of ketones is 1. The first-order valence-corrected chi connectivity index (χ1v) is 6.87. The van der Waals surface area contributed by atoms with Crippen LogP contribution in [-0.2, 0) is 0 Å². The molecule has 1 aliphatic heterocycles. The summed E-state index contributed by atoms with van der Waals surface area (Å²) >= 11 is 0. The average Bonchev–Trinajstić information content (AvgIpc) is 2.42. The van der Waals surface area contributed by atoms with E-state index in [0.29, 0.717) is 19.1 Å². The smallest absolute Gasteiger partial charge is 0.164 e. The van der Waals surface area contributed by atoms with Gasteiger partial charge in [0.2, 0.25) is 0 Å². The number of benzene rings is 1. The lowest BCUT2D eigenvalue weighted by Crippen LogP contribution is -2.49. The number of carbonyl (C=O) groups excluding carboxylic acids is 1. The zero-order valence-electron chi connectivity index (χ0n) is 11.7. The van der Waals surface area contributed by atoms with Crippen LogP contribution in [0.15, 0.2) is 24.3 Å². The Labute approximate surface area is 114 Å². The Morgan fingerprint density at radius 3 is 2.79 bits per heavy atom. The number of nitrogens with zero attached hydrogens (tertiary/aromatic N) is 1. The highest BCUT2D eigenvalue weighted by atomic mass is 16.5. The molecule has 0 saturated carbocycles. The second-order valence-electron chi connectivity index (χ2n) is 4.92. The van der Waals surface area contributed by atoms with Gasteiger partial charge in [0.15, 0.2) is 5.78 Å². The van der Waals surface area contributed by atoms with Crippen molar-refractivity contribution < 1.29 is 9.53 Å². The van der Waals surface area contributed by atoms with Crippen LogP contribution in [0.3, 0.4) is 0 Å². The van der Waals surface area contributed by atoms with Gasteiger partial charge in [-0.1, -0.05) is 0 Å². The molecule has 0 aliphatic carbocycles. The molecular weight excluding hydrogens is 240 g/mol. The third kappa shape index (κ3) is 3.78. The fourth-order valence-electron chi connectivity index (χ4n) is 2.33. The highest BCUT2D eigenvalue weighted by molar-refractivity contribution is 5.96. The molecule has 1 aromatic rings. The summed E-state index contributed by atoms with van der Waals surface area (Å²) in [5, 5.41) is 3.33. The second-order valence-corrected chi connectivity index (χ2v) is 4.92. The van der Waals surface area contributed by atoms with Gasteiger partial charge in [-0.05, 0) is 38.2 Å². The number of hydrogen-bond donors (Lipinski definition) is 1. The molecule has 0 spiro atoms. The van der Waals surface area contributed by atoms with Crippen molar-refractivity contribution >= 4 is 5.78 Å². The van der Waals surface area contributed by atoms with Crippen LogP contribution in [0.1, 0.15) is 23.7 Å². The van der Waals surface area contributed by atoms with Gasteiger partial charge in [0.25, 0.3) is 0 Å². The minimum atomic E-state index is 0.198. The van der Waals surface area contributed by atoms with E-state index in [1.807, 2.05) is 31.2 Å². The molecule has 1 heterocycles. The van der Waals surface area contributed by atoms with Crippen LogP contribution in [0.5, 0.6) is 5.75 Å². The van der Waals surface area contributed by atoms with Crippen molar-refractivity contribution in [2.24, 2.45) is 0 Å². The first-order chi connectivity index (χ1) is 9.20. The minimum Gasteiger partial charge on any atom is -0.494 e. The summed E-state index contributed by atoms with van der Waals surface area (Å²) in [6.45, 7) is 5.49. The van der Waals surface area contributed by atoms with Crippen molar-refractivity contribution in [3.05, 3.63) is 29.8 Å². The van der Waals surface area contributed by atoms with Crippen molar-refractivity contribution in [3.8, 4) is 5.75 Å². The van der Waals surface area contributed by atoms with E-state index < -0.39 is 0 Å². The maximum absolute atomic E-state index is 12.2. The maximum Gasteiger partial charge on any atom is 0.164 e. The largest absolute Gasteiger partial charge is 0.494 e. The predicted molar refractivity (Wildman–Crippen MR) is 75.8 cm³/mol. The number of likely N-dealkylation sites (N-methyl/N-ethyl adjacent to an activating group) is 1. The summed E-state index contributed by atoms with van der Waals surface area (Å²) in [6.07, 6.45) is 0.567. The Balaban J connectivity index is 1.95. The quantitative estimate of drug-likeness (QED) is 0.818. The molecule has 4 nitrogen and oxygen atoms in total. The molecule has 1 saturated heterocycles. The van der Waals surface area contributed by atoms with Gasteiger partial charge in [-0.2, -0.15) is 0 Å². The first kappa shape index (κ1) is 14.0. The van der Waals surface area contributed by atoms with E-state index in [1.54, 1.807) is 0 Å². The third-order valence-corrected chi connectivity index (χ3v) is 3.55. The minimum absolute atomic E-state index is 0.198. The lowest BCUT2D eigenvalue weighted by atomic mass is 10.0. The van der Waals surface area contributed by atoms with E-state index in [1.165, 1.54) is 0 Å². The molecule has 2 rings (SSSR count). The van der Waals surface area contributed by atoms with Crippen LogP contribution in [0, 0.1) is 0 Å². The van der Waals surface area contributed by atoms with Gasteiger partial charge in [0.05, 0.1) is 6.61 Å². The lowest BCUT2D eigenvalue weighted by molar-refractivity contribution is 0.0917. The Morgan fingerprint density at radius 2 is 2.16 bits per heavy atom. The van der Waals surface area contributed by atoms with Crippen LogP contribution < -0.4 is 10.1 Å². The van der Waals surface area contributed by atoms with Crippen LogP contribution in [0.4, 0.5) is 0 Å². The Morgan fingerprint density at radius 1 is 1.42 bits per heavy atom. The van der Waals surface area contributed by atoms with Gasteiger partial charge in [0, 0.05) is 37.7 Å². The highest BCUT2D eigenvalue weighted by Gasteiger charge is 2.21. The van der Waals surface area contributed by atoms with Gasteiger partial charge in [-0.3, -0.25) is 4.79 Å². The number of nitrogens with one attached hydrogen (secondary N) is 1. The van der Waals surface area contributed by atoms with Gasteiger partial charge in [0.1, 0.15) is 5.75 Å². The molecule has 0 aromatic heterocycles. The van der Waals surface area contributed by atoms with E-state index in [-0.39, 0.29) is 5.78 Å². The molecule has 1 N–H and O–H groups in total. The molecule has 104 valence electrons. The molecule has 0 bridgehead atoms. The number of piperazine rings is 1. The molecule has 1 aromatic carbocycles. The number of carbonyl (C=O) groups is 1. The Hall–Kier alpha value is -1.39. The molecule has 1 unspecified atom stereocenters. The summed E-state index contributed by atoms with van der Waals surface area (Å²) < 4.78 is 5.38. The Kier molecular flexibility index (Phi) is 4.93. The monoisotopic (exact) mass is 262 g/mol. The van der Waals surface area contributed by atoms with E-state index in [0.717, 1.165) is 30.9 Å². The fraction of sp³-hybridized carbons (Fsp3) is 0.533. The van der Waals surface area contributed by atoms with Crippen molar-refractivity contribution in [1.29, 1.82) is 0 Å². The molecular formula is C15H22N2O2. The van der Waals surface area contributed by atoms with Gasteiger partial charge >= 0.3 is 0 Å². The van der Waals surface area contributed by atoms with E-state index in [9.17, 15) is 4.79 Å². The summed E-state index contributed by atoms with van der Waals surface area (Å²) in [6, 6.07) is 7.72. The first-order valence-electron chi connectivity index (χ1n) is 6.87. The summed E-state index contributed by atoms with van der Waals surface area (Å²) in [5.74, 6) is 1.01. The number of hydrogen-bond acceptors (Lipinski definition) is 4. The molecule has 0 radical (unpaired) electrons. The van der Waals surface area contributed by atoms with E-state index in [2.05, 4.69) is 17.3 Å². The SMILES string of the molecule is CCOc1ccc(C(=O)CC2CNCCN2C)cc1. The highest BCUT2D eigenvalue weighted by Crippen LogP contribution is 2.15. The summed E-state index contributed by atoms with van der Waals surface area (Å²) in [7, 11) is 2.08. The van der Waals surface area contributed by atoms with Crippen molar-refractivity contribution in [1.82, 2.24) is 10.2 Å². The standard InChI is InChI=1S/C15H22N2O2/c1-3-19-14-6-4-12(5-7-14)15(18)10-13-11-16-8-9-17(13)2/h4-7,13,16H,3,8-11H2,1-2H3. The molecule has 1 fully saturated rings. The average molecular weight is 262 g/mol. The normalized spacial score (nSPS) is 20.2. The lowest BCUT2D eigenvalue weighted by Gasteiger charge is -2.32. The molecule has 4 heteroatoms. The second kappa shape index (κ2) is 6.68. The zero-order chi connectivity index (χ0) is 13.7. The molecule has 1 aliphatic rings. The number of Topliss-reactive ketones (excluding diaryl/α,β-unsaturated/α-hetero) is 1. The maximum atomic E-state index is 12.2. The topological polar surface area (TPSA) is 41.6 Å². The zero-order valence-corrected chi connectivity index (χ0v) is 11.7. The molecule has 19 heavy (non-hydrogen) atoms. The predicted octanol–water partition coefficient (Wildman–Crippen LogP) is 1.56. The molecule has 0 amide bonds. The molecule has 1 atom stereocenters.